The van der Waals surface area contributed by atoms with Gasteiger partial charge >= 0.3 is 0 Å². The smallest absolute Gasteiger partial charge is 0.274 e. The molecule has 0 aliphatic heterocycles. The average molecular weight is 331 g/mol. The molecule has 1 amide bonds. The molecule has 0 aliphatic carbocycles. The van der Waals surface area contributed by atoms with E-state index < -0.39 is 0 Å². The van der Waals surface area contributed by atoms with Crippen LogP contribution >= 0.6 is 0 Å². The molecule has 0 fully saturated rings. The summed E-state index contributed by atoms with van der Waals surface area (Å²) >= 11 is 0. The van der Waals surface area contributed by atoms with Gasteiger partial charge in [0.15, 0.2) is 5.69 Å². The standard InChI is InChI=1S/C18H25N3O3/c1-4-13(9-10-22)19-17(23)16-14-7-5-6-8-15(14)18(24)21(20-16)11-12(2)3/h5-8,12-13,22H,4,9-11H2,1-3H3,(H,19,23). The van der Waals surface area contributed by atoms with Gasteiger partial charge in [0, 0.05) is 24.6 Å². The van der Waals surface area contributed by atoms with E-state index in [2.05, 4.69) is 10.4 Å². The maximum atomic E-state index is 12.7. The van der Waals surface area contributed by atoms with Gasteiger partial charge < -0.3 is 10.4 Å². The Balaban J connectivity index is 2.50. The van der Waals surface area contributed by atoms with Crippen LogP contribution in [0.5, 0.6) is 0 Å². The number of nitrogens with one attached hydrogen (secondary N) is 1. The van der Waals surface area contributed by atoms with Gasteiger partial charge in [-0.25, -0.2) is 4.68 Å². The maximum absolute atomic E-state index is 12.7. The molecule has 24 heavy (non-hydrogen) atoms. The molecule has 6 nitrogen and oxygen atoms in total. The average Bonchev–Trinajstić information content (AvgIpc) is 2.56. The Morgan fingerprint density at radius 1 is 1.29 bits per heavy atom. The number of amides is 1. The number of aliphatic hydroxyl groups excluding tert-OH is 1. The number of aliphatic hydroxyl groups is 1. The molecular weight excluding hydrogens is 306 g/mol. The lowest BCUT2D eigenvalue weighted by Crippen LogP contribution is -2.37. The van der Waals surface area contributed by atoms with Crippen LogP contribution in [0.2, 0.25) is 0 Å². The van der Waals surface area contributed by atoms with Crippen molar-refractivity contribution in [3.8, 4) is 0 Å². The summed E-state index contributed by atoms with van der Waals surface area (Å²) in [6, 6.07) is 6.92. The zero-order valence-electron chi connectivity index (χ0n) is 14.5. The molecule has 1 aromatic heterocycles. The van der Waals surface area contributed by atoms with E-state index in [1.54, 1.807) is 24.3 Å². The van der Waals surface area contributed by atoms with E-state index in [1.807, 2.05) is 20.8 Å². The van der Waals surface area contributed by atoms with E-state index in [4.69, 9.17) is 5.11 Å². The SMILES string of the molecule is CCC(CCO)NC(=O)c1nn(CC(C)C)c(=O)c2ccccc12. The normalized spacial score (nSPS) is 12.5. The summed E-state index contributed by atoms with van der Waals surface area (Å²) in [7, 11) is 0. The first kappa shape index (κ1) is 18.1. The Morgan fingerprint density at radius 2 is 1.96 bits per heavy atom. The third kappa shape index (κ3) is 4.00. The van der Waals surface area contributed by atoms with Crippen molar-refractivity contribution in [3.63, 3.8) is 0 Å². The number of rotatable bonds is 7. The number of nitrogens with zero attached hydrogens (tertiary/aromatic N) is 2. The minimum absolute atomic E-state index is 0.0137. The molecule has 2 rings (SSSR count). The van der Waals surface area contributed by atoms with Crippen molar-refractivity contribution in [2.45, 2.75) is 46.2 Å². The molecule has 2 aromatic rings. The maximum Gasteiger partial charge on any atom is 0.274 e. The highest BCUT2D eigenvalue weighted by molar-refractivity contribution is 6.04. The van der Waals surface area contributed by atoms with Crippen molar-refractivity contribution in [2.75, 3.05) is 6.61 Å². The van der Waals surface area contributed by atoms with Crippen LogP contribution in [0.3, 0.4) is 0 Å². The zero-order chi connectivity index (χ0) is 17.7. The summed E-state index contributed by atoms with van der Waals surface area (Å²) in [5, 5.41) is 17.4. The molecule has 1 heterocycles. The summed E-state index contributed by atoms with van der Waals surface area (Å²) in [5.74, 6) is -0.0749. The van der Waals surface area contributed by atoms with Crippen molar-refractivity contribution in [2.24, 2.45) is 5.92 Å². The fourth-order valence-electron chi connectivity index (χ4n) is 2.66. The van der Waals surface area contributed by atoms with Crippen LogP contribution in [0.25, 0.3) is 10.8 Å². The van der Waals surface area contributed by atoms with Gasteiger partial charge in [-0.2, -0.15) is 5.10 Å². The quantitative estimate of drug-likeness (QED) is 0.812. The summed E-state index contributed by atoms with van der Waals surface area (Å²) in [6.45, 7) is 6.41. The van der Waals surface area contributed by atoms with Gasteiger partial charge in [0.2, 0.25) is 0 Å². The molecule has 1 unspecified atom stereocenters. The van der Waals surface area contributed by atoms with Crippen LogP contribution in [0.1, 0.15) is 44.1 Å². The van der Waals surface area contributed by atoms with Gasteiger partial charge in [-0.15, -0.1) is 0 Å². The second-order valence-electron chi connectivity index (χ2n) is 6.37. The van der Waals surface area contributed by atoms with E-state index in [-0.39, 0.29) is 35.7 Å². The van der Waals surface area contributed by atoms with Gasteiger partial charge in [0.05, 0.1) is 5.39 Å². The summed E-state index contributed by atoms with van der Waals surface area (Å²) < 4.78 is 1.37. The Bertz CT molecular complexity index is 768. The molecule has 0 saturated carbocycles. The fourth-order valence-corrected chi connectivity index (χ4v) is 2.66. The third-order valence-corrected chi connectivity index (χ3v) is 3.93. The minimum atomic E-state index is -0.316. The number of carbonyl (C=O) groups excluding carboxylic acids is 1. The van der Waals surface area contributed by atoms with E-state index >= 15 is 0 Å². The second-order valence-corrected chi connectivity index (χ2v) is 6.37. The van der Waals surface area contributed by atoms with Crippen molar-refractivity contribution in [1.82, 2.24) is 15.1 Å². The first-order valence-corrected chi connectivity index (χ1v) is 8.39. The third-order valence-electron chi connectivity index (χ3n) is 3.93. The van der Waals surface area contributed by atoms with Crippen molar-refractivity contribution in [1.29, 1.82) is 0 Å². The van der Waals surface area contributed by atoms with Crippen LogP contribution < -0.4 is 10.9 Å². The Hall–Kier alpha value is -2.21. The van der Waals surface area contributed by atoms with E-state index in [1.165, 1.54) is 4.68 Å². The molecule has 0 aliphatic rings. The summed E-state index contributed by atoms with van der Waals surface area (Å²) in [4.78, 5) is 25.2. The monoisotopic (exact) mass is 331 g/mol. The molecule has 0 bridgehead atoms. The lowest BCUT2D eigenvalue weighted by molar-refractivity contribution is 0.0923. The van der Waals surface area contributed by atoms with Crippen LogP contribution in [0.15, 0.2) is 29.1 Å². The van der Waals surface area contributed by atoms with Gasteiger partial charge in [-0.3, -0.25) is 9.59 Å². The van der Waals surface area contributed by atoms with Crippen LogP contribution in [0, 0.1) is 5.92 Å². The molecule has 2 N–H and O–H groups in total. The Kier molecular flexibility index (Phi) is 6.09. The molecule has 0 spiro atoms. The van der Waals surface area contributed by atoms with Crippen LogP contribution in [-0.4, -0.2) is 33.4 Å². The van der Waals surface area contributed by atoms with Gasteiger partial charge in [0.1, 0.15) is 0 Å². The van der Waals surface area contributed by atoms with E-state index in [9.17, 15) is 9.59 Å². The van der Waals surface area contributed by atoms with Crippen molar-refractivity contribution < 1.29 is 9.90 Å². The second kappa shape index (κ2) is 8.06. The van der Waals surface area contributed by atoms with E-state index in [0.29, 0.717) is 23.7 Å². The van der Waals surface area contributed by atoms with Crippen molar-refractivity contribution >= 4 is 16.7 Å². The van der Waals surface area contributed by atoms with Gasteiger partial charge in [-0.05, 0) is 24.8 Å². The zero-order valence-corrected chi connectivity index (χ0v) is 14.5. The number of hydrogen-bond donors (Lipinski definition) is 2. The summed E-state index contributed by atoms with van der Waals surface area (Å²) in [6.07, 6.45) is 1.21. The van der Waals surface area contributed by atoms with Gasteiger partial charge in [0.25, 0.3) is 11.5 Å². The van der Waals surface area contributed by atoms with Crippen LogP contribution in [0.4, 0.5) is 0 Å². The molecule has 130 valence electrons. The molecule has 1 atom stereocenters. The van der Waals surface area contributed by atoms with Crippen molar-refractivity contribution in [3.05, 3.63) is 40.3 Å². The Labute approximate surface area is 141 Å². The first-order chi connectivity index (χ1) is 11.5. The topological polar surface area (TPSA) is 84.2 Å². The fraction of sp³-hybridized carbons (Fsp3) is 0.500. The first-order valence-electron chi connectivity index (χ1n) is 8.39. The molecular formula is C18H25N3O3. The number of hydrogen-bond acceptors (Lipinski definition) is 4. The molecule has 0 radical (unpaired) electrons. The molecule has 6 heteroatoms. The number of aromatic nitrogens is 2. The lowest BCUT2D eigenvalue weighted by Gasteiger charge is -2.17. The number of benzene rings is 1. The van der Waals surface area contributed by atoms with E-state index in [0.717, 1.165) is 6.42 Å². The largest absolute Gasteiger partial charge is 0.396 e. The molecule has 0 saturated heterocycles. The highest BCUT2D eigenvalue weighted by atomic mass is 16.3. The summed E-state index contributed by atoms with van der Waals surface area (Å²) in [5.41, 5.74) is 0.0699. The minimum Gasteiger partial charge on any atom is -0.396 e. The Morgan fingerprint density at radius 3 is 2.54 bits per heavy atom. The van der Waals surface area contributed by atoms with Gasteiger partial charge in [-0.1, -0.05) is 39.0 Å². The number of fused-ring (bicyclic) bond motifs is 1. The molecule has 1 aromatic carbocycles. The number of carbonyl (C=O) groups is 1. The van der Waals surface area contributed by atoms with Crippen LogP contribution in [-0.2, 0) is 6.54 Å². The highest BCUT2D eigenvalue weighted by Crippen LogP contribution is 2.14. The lowest BCUT2D eigenvalue weighted by atomic mass is 10.1. The predicted molar refractivity (Wildman–Crippen MR) is 94.1 cm³/mol. The predicted octanol–water partition coefficient (Wildman–Crippen LogP) is 1.94. The highest BCUT2D eigenvalue weighted by Gasteiger charge is 2.19.